The van der Waals surface area contributed by atoms with E-state index in [4.69, 9.17) is 9.97 Å². The number of likely N-dealkylation sites (N-methyl/N-ethyl adjacent to an activating group) is 1. The summed E-state index contributed by atoms with van der Waals surface area (Å²) in [6.07, 6.45) is 7.41. The highest BCUT2D eigenvalue weighted by Crippen LogP contribution is 2.43. The highest BCUT2D eigenvalue weighted by Gasteiger charge is 2.30. The van der Waals surface area contributed by atoms with Crippen molar-refractivity contribution in [3.63, 3.8) is 0 Å². The molecular formula is C25H32N6OS. The first-order valence-electron chi connectivity index (χ1n) is 11.8. The lowest BCUT2D eigenvalue weighted by molar-refractivity contribution is 0.0830. The molecule has 0 saturated heterocycles. The first-order chi connectivity index (χ1) is 15.9. The third kappa shape index (κ3) is 4.46. The van der Waals surface area contributed by atoms with Crippen LogP contribution in [-0.4, -0.2) is 58.3 Å². The maximum atomic E-state index is 13.0. The second-order valence-corrected chi connectivity index (χ2v) is 10.9. The van der Waals surface area contributed by atoms with Crippen LogP contribution in [0.3, 0.4) is 0 Å². The molecule has 1 aliphatic carbocycles. The van der Waals surface area contributed by atoms with E-state index in [9.17, 15) is 4.79 Å². The Morgan fingerprint density at radius 2 is 1.97 bits per heavy atom. The Balaban J connectivity index is 1.50. The predicted molar refractivity (Wildman–Crippen MR) is 133 cm³/mol. The minimum Gasteiger partial charge on any atom is -0.344 e. The van der Waals surface area contributed by atoms with E-state index < -0.39 is 0 Å². The molecule has 1 aliphatic heterocycles. The van der Waals surface area contributed by atoms with Gasteiger partial charge in [-0.15, -0.1) is 11.3 Å². The van der Waals surface area contributed by atoms with Gasteiger partial charge in [-0.3, -0.25) is 4.79 Å². The molecule has 8 heteroatoms. The number of carbonyl (C=O) groups is 1. The van der Waals surface area contributed by atoms with Crippen molar-refractivity contribution in [2.24, 2.45) is 5.92 Å². The summed E-state index contributed by atoms with van der Waals surface area (Å²) < 4.78 is 0.973. The second kappa shape index (κ2) is 8.99. The van der Waals surface area contributed by atoms with Crippen molar-refractivity contribution in [2.45, 2.75) is 51.5 Å². The van der Waals surface area contributed by atoms with Gasteiger partial charge in [-0.25, -0.2) is 15.0 Å². The number of hydrogen-bond acceptors (Lipinski definition) is 7. The number of thiophene rings is 1. The van der Waals surface area contributed by atoms with E-state index in [-0.39, 0.29) is 5.91 Å². The van der Waals surface area contributed by atoms with Crippen LogP contribution in [0, 0.1) is 5.92 Å². The number of nitrogens with one attached hydrogen (secondary N) is 1. The first-order valence-corrected chi connectivity index (χ1v) is 12.7. The zero-order valence-electron chi connectivity index (χ0n) is 19.9. The molecule has 0 bridgehead atoms. The molecule has 7 nitrogen and oxygen atoms in total. The Labute approximate surface area is 199 Å². The first kappa shape index (κ1) is 22.2. The van der Waals surface area contributed by atoms with Gasteiger partial charge in [0.25, 0.3) is 5.91 Å². The van der Waals surface area contributed by atoms with Gasteiger partial charge in [-0.1, -0.05) is 25.8 Å². The molecule has 1 saturated carbocycles. The van der Waals surface area contributed by atoms with Gasteiger partial charge in [0.05, 0.1) is 21.3 Å². The molecule has 3 aromatic rings. The van der Waals surface area contributed by atoms with Crippen molar-refractivity contribution in [3.05, 3.63) is 40.0 Å². The summed E-state index contributed by atoms with van der Waals surface area (Å²) in [6, 6.07) is 4.15. The largest absolute Gasteiger partial charge is 0.344 e. The van der Waals surface area contributed by atoms with E-state index >= 15 is 0 Å². The van der Waals surface area contributed by atoms with Crippen LogP contribution in [0.25, 0.3) is 10.2 Å². The third-order valence-corrected chi connectivity index (χ3v) is 8.09. The molecule has 1 fully saturated rings. The van der Waals surface area contributed by atoms with Gasteiger partial charge in [0.1, 0.15) is 5.82 Å². The van der Waals surface area contributed by atoms with Crippen molar-refractivity contribution < 1.29 is 4.79 Å². The van der Waals surface area contributed by atoms with Crippen molar-refractivity contribution in [1.82, 2.24) is 24.8 Å². The Bertz CT molecular complexity index is 1180. The highest BCUT2D eigenvalue weighted by atomic mass is 32.1. The quantitative estimate of drug-likeness (QED) is 0.597. The van der Waals surface area contributed by atoms with E-state index in [1.54, 1.807) is 4.90 Å². The maximum Gasteiger partial charge on any atom is 0.263 e. The van der Waals surface area contributed by atoms with Crippen LogP contribution in [0.2, 0.25) is 0 Å². The standard InChI is InChI=1S/C25H32N6OS/c1-15-5-7-16(8-6-15)21-22-19(33-23(21)24(32)30(2)3)13-26-25(29-22)28-20-10-9-17-14-31(4)12-11-18(17)27-20/h9-10,13,15-16H,5-8,11-12,14H2,1-4H3,(H,26,27,28,29). The van der Waals surface area contributed by atoms with Crippen LogP contribution in [0.1, 0.15) is 65.0 Å². The third-order valence-electron chi connectivity index (χ3n) is 6.97. The van der Waals surface area contributed by atoms with Crippen LogP contribution in [0.4, 0.5) is 11.8 Å². The van der Waals surface area contributed by atoms with Crippen LogP contribution in [0.15, 0.2) is 18.3 Å². The van der Waals surface area contributed by atoms with E-state index in [0.717, 1.165) is 70.4 Å². The maximum absolute atomic E-state index is 13.0. The smallest absolute Gasteiger partial charge is 0.263 e. The molecule has 0 atom stereocenters. The Morgan fingerprint density at radius 3 is 2.73 bits per heavy atom. The fourth-order valence-electron chi connectivity index (χ4n) is 5.00. The van der Waals surface area contributed by atoms with E-state index in [2.05, 4.69) is 35.2 Å². The lowest BCUT2D eigenvalue weighted by Gasteiger charge is -2.27. The number of rotatable bonds is 4. The van der Waals surface area contributed by atoms with Gasteiger partial charge >= 0.3 is 0 Å². The van der Waals surface area contributed by atoms with Crippen molar-refractivity contribution in [2.75, 3.05) is 33.0 Å². The summed E-state index contributed by atoms with van der Waals surface area (Å²) in [7, 11) is 5.77. The molecule has 3 aromatic heterocycles. The van der Waals surface area contributed by atoms with Gasteiger partial charge in [0.15, 0.2) is 0 Å². The van der Waals surface area contributed by atoms with Crippen LogP contribution in [0.5, 0.6) is 0 Å². The van der Waals surface area contributed by atoms with Crippen LogP contribution >= 0.6 is 11.3 Å². The molecule has 0 aromatic carbocycles. The van der Waals surface area contributed by atoms with E-state index in [1.807, 2.05) is 26.4 Å². The van der Waals surface area contributed by atoms with E-state index in [0.29, 0.717) is 11.9 Å². The Hall–Kier alpha value is -2.58. The van der Waals surface area contributed by atoms with Gasteiger partial charge in [-0.05, 0) is 43.4 Å². The lowest BCUT2D eigenvalue weighted by Crippen LogP contribution is -2.27. The molecular weight excluding hydrogens is 432 g/mol. The number of fused-ring (bicyclic) bond motifs is 2. The highest BCUT2D eigenvalue weighted by molar-refractivity contribution is 7.21. The number of anilines is 2. The van der Waals surface area contributed by atoms with Crippen LogP contribution in [-0.2, 0) is 13.0 Å². The average molecular weight is 465 g/mol. The lowest BCUT2D eigenvalue weighted by atomic mass is 9.79. The van der Waals surface area contributed by atoms with Gasteiger partial charge in [0.2, 0.25) is 5.95 Å². The van der Waals surface area contributed by atoms with Crippen LogP contribution < -0.4 is 5.32 Å². The molecule has 174 valence electrons. The van der Waals surface area contributed by atoms with Crippen molar-refractivity contribution in [3.8, 4) is 0 Å². The Kier molecular flexibility index (Phi) is 6.05. The van der Waals surface area contributed by atoms with Crippen molar-refractivity contribution >= 4 is 39.2 Å². The summed E-state index contributed by atoms with van der Waals surface area (Å²) in [5.41, 5.74) is 4.46. The number of nitrogens with zero attached hydrogens (tertiary/aromatic N) is 5. The van der Waals surface area contributed by atoms with Crippen molar-refractivity contribution in [1.29, 1.82) is 0 Å². The number of amides is 1. The topological polar surface area (TPSA) is 74.2 Å². The summed E-state index contributed by atoms with van der Waals surface area (Å²) in [5, 5.41) is 3.32. The van der Waals surface area contributed by atoms with Gasteiger partial charge in [-0.2, -0.15) is 0 Å². The fraction of sp³-hybridized carbons (Fsp3) is 0.520. The molecule has 0 unspecified atom stereocenters. The number of carbonyl (C=O) groups excluding carboxylic acids is 1. The predicted octanol–water partition coefficient (Wildman–Crippen LogP) is 4.81. The number of pyridine rings is 1. The van der Waals surface area contributed by atoms with Gasteiger partial charge in [0, 0.05) is 44.9 Å². The SMILES string of the molecule is CC1CCC(c2c(C(=O)N(C)C)sc3cnc(Nc4ccc5c(n4)CCN(C)C5)nc23)CC1. The fourth-order valence-corrected chi connectivity index (χ4v) is 6.22. The zero-order chi connectivity index (χ0) is 23.1. The monoisotopic (exact) mass is 464 g/mol. The summed E-state index contributed by atoms with van der Waals surface area (Å²) >= 11 is 1.52. The molecule has 4 heterocycles. The Morgan fingerprint density at radius 1 is 1.18 bits per heavy atom. The number of hydrogen-bond donors (Lipinski definition) is 1. The molecule has 5 rings (SSSR count). The second-order valence-electron chi connectivity index (χ2n) is 9.82. The zero-order valence-corrected chi connectivity index (χ0v) is 20.7. The molecule has 0 radical (unpaired) electrons. The molecule has 33 heavy (non-hydrogen) atoms. The summed E-state index contributed by atoms with van der Waals surface area (Å²) in [4.78, 5) is 32.1. The summed E-state index contributed by atoms with van der Waals surface area (Å²) in [5.74, 6) is 2.49. The minimum absolute atomic E-state index is 0.0578. The molecule has 0 spiro atoms. The average Bonchev–Trinajstić information content (AvgIpc) is 3.18. The normalized spacial score (nSPS) is 21.1. The number of aromatic nitrogens is 3. The minimum atomic E-state index is 0.0578. The van der Waals surface area contributed by atoms with Gasteiger partial charge < -0.3 is 15.1 Å². The molecule has 1 amide bonds. The molecule has 1 N–H and O–H groups in total. The molecule has 2 aliphatic rings. The van der Waals surface area contributed by atoms with E-state index in [1.165, 1.54) is 29.7 Å². The summed E-state index contributed by atoms with van der Waals surface area (Å²) in [6.45, 7) is 4.28.